The maximum Gasteiger partial charge on any atom is 0.304 e. The molecule has 1 unspecified atom stereocenters. The van der Waals surface area contributed by atoms with Crippen molar-refractivity contribution in [3.63, 3.8) is 0 Å². The van der Waals surface area contributed by atoms with E-state index in [2.05, 4.69) is 22.4 Å². The molecule has 9 heteroatoms. The maximum atomic E-state index is 13.8. The molecule has 5 aromatic rings. The molecule has 3 aromatic carbocycles. The van der Waals surface area contributed by atoms with E-state index >= 15 is 0 Å². The summed E-state index contributed by atoms with van der Waals surface area (Å²) in [5.41, 5.74) is 8.20. The van der Waals surface area contributed by atoms with Crippen molar-refractivity contribution in [3.8, 4) is 5.75 Å². The molecule has 1 amide bonds. The number of fused-ring (bicyclic) bond motifs is 6. The fourth-order valence-electron chi connectivity index (χ4n) is 6.65. The van der Waals surface area contributed by atoms with Crippen LogP contribution < -0.4 is 4.74 Å². The van der Waals surface area contributed by atoms with E-state index < -0.39 is 5.97 Å². The second-order valence-corrected chi connectivity index (χ2v) is 11.7. The summed E-state index contributed by atoms with van der Waals surface area (Å²) in [6.07, 6.45) is 3.45. The van der Waals surface area contributed by atoms with Crippen LogP contribution in [0.15, 0.2) is 52.9 Å². The molecule has 43 heavy (non-hydrogen) atoms. The number of aryl methyl sites for hydroxylation is 3. The first-order chi connectivity index (χ1) is 20.9. The van der Waals surface area contributed by atoms with E-state index in [1.165, 1.54) is 5.56 Å². The summed E-state index contributed by atoms with van der Waals surface area (Å²) in [6, 6.07) is 16.0. The van der Waals surface area contributed by atoms with Gasteiger partial charge in [-0.2, -0.15) is 0 Å². The number of carboxylic acids is 1. The lowest BCUT2D eigenvalue weighted by molar-refractivity contribution is -0.137. The first kappa shape index (κ1) is 27.2. The van der Waals surface area contributed by atoms with Crippen molar-refractivity contribution in [2.75, 3.05) is 13.2 Å². The third kappa shape index (κ3) is 4.92. The van der Waals surface area contributed by atoms with Gasteiger partial charge in [-0.25, -0.2) is 4.68 Å². The number of rotatable bonds is 2. The molecule has 0 radical (unpaired) electrons. The second-order valence-electron chi connectivity index (χ2n) is 11.7. The van der Waals surface area contributed by atoms with Crippen LogP contribution in [0.4, 0.5) is 0 Å². The van der Waals surface area contributed by atoms with Gasteiger partial charge in [0.25, 0.3) is 5.91 Å². The summed E-state index contributed by atoms with van der Waals surface area (Å²) in [7, 11) is 0. The number of hydrogen-bond donors (Lipinski definition) is 1. The normalized spacial score (nSPS) is 17.5. The molecule has 10 bridgehead atoms. The summed E-state index contributed by atoms with van der Waals surface area (Å²) >= 11 is 0. The summed E-state index contributed by atoms with van der Waals surface area (Å²) < 4.78 is 14.1. The van der Waals surface area contributed by atoms with E-state index in [9.17, 15) is 14.7 Å². The number of benzene rings is 3. The lowest BCUT2D eigenvalue weighted by Gasteiger charge is -2.29. The first-order valence-corrected chi connectivity index (χ1v) is 15.0. The van der Waals surface area contributed by atoms with Gasteiger partial charge in [0.1, 0.15) is 16.8 Å². The molecule has 0 saturated heterocycles. The average Bonchev–Trinajstić information content (AvgIpc) is 3.57. The molecule has 1 atom stereocenters. The minimum Gasteiger partial charge on any atom is -0.493 e. The molecule has 8 rings (SSSR count). The van der Waals surface area contributed by atoms with E-state index in [4.69, 9.17) is 9.15 Å². The Morgan fingerprint density at radius 2 is 1.88 bits per heavy atom. The molecule has 0 fully saturated rings. The minimum absolute atomic E-state index is 0.0514. The molecule has 0 saturated carbocycles. The van der Waals surface area contributed by atoms with Gasteiger partial charge in [0, 0.05) is 42.6 Å². The molecular weight excluding hydrogens is 544 g/mol. The number of carbonyl (C=O) groups excluding carboxylic acids is 1. The Labute approximate surface area is 249 Å². The Balaban J connectivity index is 1.31. The van der Waals surface area contributed by atoms with Crippen molar-refractivity contribution < 1.29 is 23.8 Å². The van der Waals surface area contributed by atoms with Crippen LogP contribution in [0.2, 0.25) is 0 Å². The minimum atomic E-state index is -0.868. The smallest absolute Gasteiger partial charge is 0.304 e. The van der Waals surface area contributed by atoms with Crippen LogP contribution in [0.5, 0.6) is 5.75 Å². The van der Waals surface area contributed by atoms with Gasteiger partial charge >= 0.3 is 5.97 Å². The van der Waals surface area contributed by atoms with Crippen LogP contribution in [-0.4, -0.2) is 50.0 Å². The van der Waals surface area contributed by atoms with Crippen molar-refractivity contribution in [1.82, 2.24) is 19.9 Å². The summed E-state index contributed by atoms with van der Waals surface area (Å²) in [5, 5.41) is 19.8. The van der Waals surface area contributed by atoms with E-state index in [1.54, 1.807) is 0 Å². The number of aliphatic carboxylic acids is 1. The van der Waals surface area contributed by atoms with E-state index in [1.807, 2.05) is 59.8 Å². The standard InChI is InChI=1S/C34H34N4O5/c1-20-26-10-11-29-32(20)35-36-38(29)13-4-3-5-15-42-25-8-9-27-21(2)33(43-30(27)17-25)34(41)37-14-12-22-6-7-23(16-24(22)19-37)28(26)18-31(39)40/h6-11,16-17,28H,3-5,12-15,18-19H2,1-2H3,(H,39,40). The fourth-order valence-corrected chi connectivity index (χ4v) is 6.65. The molecule has 220 valence electrons. The zero-order valence-corrected chi connectivity index (χ0v) is 24.4. The third-order valence-electron chi connectivity index (χ3n) is 9.06. The quantitative estimate of drug-likeness (QED) is 0.267. The van der Waals surface area contributed by atoms with Crippen LogP contribution in [0, 0.1) is 13.8 Å². The largest absolute Gasteiger partial charge is 0.493 e. The van der Waals surface area contributed by atoms with Crippen LogP contribution in [0.1, 0.15) is 75.5 Å². The molecular formula is C34H34N4O5. The van der Waals surface area contributed by atoms with Crippen molar-refractivity contribution in [2.24, 2.45) is 0 Å². The number of ether oxygens (including phenoxy) is 1. The Morgan fingerprint density at radius 1 is 1.00 bits per heavy atom. The molecule has 9 nitrogen and oxygen atoms in total. The highest BCUT2D eigenvalue weighted by Gasteiger charge is 2.29. The van der Waals surface area contributed by atoms with Gasteiger partial charge in [0.15, 0.2) is 5.76 Å². The van der Waals surface area contributed by atoms with E-state index in [0.717, 1.165) is 82.2 Å². The summed E-state index contributed by atoms with van der Waals surface area (Å²) in [4.78, 5) is 27.7. The van der Waals surface area contributed by atoms with Crippen molar-refractivity contribution in [2.45, 2.75) is 65.0 Å². The van der Waals surface area contributed by atoms with Crippen LogP contribution in [0.3, 0.4) is 0 Å². The zero-order chi connectivity index (χ0) is 29.7. The van der Waals surface area contributed by atoms with Gasteiger partial charge in [-0.15, -0.1) is 5.10 Å². The molecule has 3 aliphatic heterocycles. The number of carbonyl (C=O) groups is 2. The topological polar surface area (TPSA) is 111 Å². The number of aromatic nitrogens is 3. The number of carboxylic acid groups (broad SMARTS) is 1. The Hall–Kier alpha value is -4.66. The Kier molecular flexibility index (Phi) is 6.88. The fraction of sp³-hybridized carbons (Fsp3) is 0.353. The number of nitrogens with zero attached hydrogens (tertiary/aromatic N) is 4. The number of furan rings is 1. The average molecular weight is 579 g/mol. The van der Waals surface area contributed by atoms with Crippen LogP contribution in [-0.2, 0) is 24.3 Å². The second kappa shape index (κ2) is 10.9. The Bertz CT molecular complexity index is 1890. The van der Waals surface area contributed by atoms with Crippen molar-refractivity contribution >= 4 is 33.9 Å². The first-order valence-electron chi connectivity index (χ1n) is 15.0. The monoisotopic (exact) mass is 578 g/mol. The highest BCUT2D eigenvalue weighted by molar-refractivity contribution is 5.99. The maximum absolute atomic E-state index is 13.8. The van der Waals surface area contributed by atoms with Gasteiger partial charge in [-0.3, -0.25) is 9.59 Å². The SMILES string of the molecule is Cc1c2oc3cc(ccc13)OCCCCCn1nnc3c(C)c(ccc31)C(CC(=O)O)c1ccc3c(c1)CN(CC3)C2=O. The zero-order valence-electron chi connectivity index (χ0n) is 24.4. The highest BCUT2D eigenvalue weighted by atomic mass is 16.5. The van der Waals surface area contributed by atoms with Crippen molar-refractivity contribution in [1.29, 1.82) is 0 Å². The summed E-state index contributed by atoms with van der Waals surface area (Å²) in [5.74, 6) is -0.297. The van der Waals surface area contributed by atoms with E-state index in [0.29, 0.717) is 31.0 Å². The third-order valence-corrected chi connectivity index (χ3v) is 9.06. The van der Waals surface area contributed by atoms with E-state index in [-0.39, 0.29) is 18.2 Å². The highest BCUT2D eigenvalue weighted by Crippen LogP contribution is 2.36. The van der Waals surface area contributed by atoms with Gasteiger partial charge in [0.05, 0.1) is 18.5 Å². The van der Waals surface area contributed by atoms with Gasteiger partial charge < -0.3 is 19.2 Å². The van der Waals surface area contributed by atoms with Crippen LogP contribution >= 0.6 is 0 Å². The predicted octanol–water partition coefficient (Wildman–Crippen LogP) is 6.16. The molecule has 1 N–H and O–H groups in total. The predicted molar refractivity (Wildman–Crippen MR) is 162 cm³/mol. The lowest BCUT2D eigenvalue weighted by Crippen LogP contribution is -2.36. The number of hydrogen-bond acceptors (Lipinski definition) is 6. The molecule has 5 heterocycles. The molecule has 0 spiro atoms. The molecule has 2 aromatic heterocycles. The van der Waals surface area contributed by atoms with Gasteiger partial charge in [0.2, 0.25) is 0 Å². The van der Waals surface area contributed by atoms with Crippen molar-refractivity contribution in [3.05, 3.63) is 87.7 Å². The molecule has 3 aliphatic rings. The lowest BCUT2D eigenvalue weighted by atomic mass is 9.83. The number of amides is 1. The molecule has 0 aliphatic carbocycles. The van der Waals surface area contributed by atoms with Gasteiger partial charge in [-0.05, 0) is 85.5 Å². The van der Waals surface area contributed by atoms with Gasteiger partial charge in [-0.1, -0.05) is 29.5 Å². The van der Waals surface area contributed by atoms with Crippen LogP contribution in [0.25, 0.3) is 22.0 Å². The Morgan fingerprint density at radius 3 is 2.74 bits per heavy atom. The summed E-state index contributed by atoms with van der Waals surface area (Å²) in [6.45, 7) is 6.26.